The summed E-state index contributed by atoms with van der Waals surface area (Å²) in [5.41, 5.74) is 0. The predicted molar refractivity (Wildman–Crippen MR) is 316 cm³/mol. The lowest BCUT2D eigenvalue weighted by Gasteiger charge is -2.18. The molecular formula is C67H114O6. The van der Waals surface area contributed by atoms with Crippen molar-refractivity contribution in [3.05, 3.63) is 97.2 Å². The number of carbonyl (C=O) groups is 3. The van der Waals surface area contributed by atoms with Crippen molar-refractivity contribution in [2.45, 2.75) is 297 Å². The second kappa shape index (κ2) is 60.9. The molecular weight excluding hydrogens is 901 g/mol. The molecule has 0 aliphatic heterocycles. The minimum absolute atomic E-state index is 0.0772. The summed E-state index contributed by atoms with van der Waals surface area (Å²) < 4.78 is 16.8. The fraction of sp³-hybridized carbons (Fsp3) is 0.716. The van der Waals surface area contributed by atoms with Crippen LogP contribution in [0.1, 0.15) is 290 Å². The monoisotopic (exact) mass is 1010 g/mol. The first-order chi connectivity index (χ1) is 36.0. The summed E-state index contributed by atoms with van der Waals surface area (Å²) in [4.78, 5) is 38.0. The van der Waals surface area contributed by atoms with Gasteiger partial charge in [-0.05, 0) is 96.3 Å². The maximum atomic E-state index is 12.8. The van der Waals surface area contributed by atoms with Gasteiger partial charge in [0.15, 0.2) is 6.10 Å². The fourth-order valence-corrected chi connectivity index (χ4v) is 8.46. The molecule has 73 heavy (non-hydrogen) atoms. The molecule has 0 aliphatic carbocycles. The van der Waals surface area contributed by atoms with Gasteiger partial charge in [0, 0.05) is 19.3 Å². The lowest BCUT2D eigenvalue weighted by atomic mass is 10.0. The van der Waals surface area contributed by atoms with Gasteiger partial charge in [0.2, 0.25) is 0 Å². The molecule has 6 heteroatoms. The van der Waals surface area contributed by atoms with Crippen LogP contribution < -0.4 is 0 Å². The highest BCUT2D eigenvalue weighted by Gasteiger charge is 2.19. The maximum absolute atomic E-state index is 12.8. The van der Waals surface area contributed by atoms with Crippen LogP contribution in [-0.4, -0.2) is 37.2 Å². The van der Waals surface area contributed by atoms with Crippen molar-refractivity contribution < 1.29 is 28.6 Å². The lowest BCUT2D eigenvalue weighted by molar-refractivity contribution is -0.167. The van der Waals surface area contributed by atoms with Crippen LogP contribution in [0, 0.1) is 0 Å². The Hall–Kier alpha value is -3.67. The number of ether oxygens (including phenoxy) is 3. The highest BCUT2D eigenvalue weighted by molar-refractivity contribution is 5.71. The second-order valence-corrected chi connectivity index (χ2v) is 20.2. The molecule has 0 heterocycles. The summed E-state index contributed by atoms with van der Waals surface area (Å²) in [6.07, 6.45) is 81.5. The van der Waals surface area contributed by atoms with Crippen LogP contribution >= 0.6 is 0 Å². The number of hydrogen-bond acceptors (Lipinski definition) is 6. The van der Waals surface area contributed by atoms with Gasteiger partial charge in [-0.15, -0.1) is 0 Å². The molecule has 0 radical (unpaired) electrons. The van der Waals surface area contributed by atoms with Crippen LogP contribution in [0.4, 0.5) is 0 Å². The lowest BCUT2D eigenvalue weighted by Crippen LogP contribution is -2.30. The van der Waals surface area contributed by atoms with Crippen LogP contribution in [0.15, 0.2) is 97.2 Å². The zero-order chi connectivity index (χ0) is 52.9. The van der Waals surface area contributed by atoms with E-state index in [4.69, 9.17) is 14.2 Å². The molecule has 0 aliphatic rings. The van der Waals surface area contributed by atoms with Crippen molar-refractivity contribution in [1.29, 1.82) is 0 Å². The van der Waals surface area contributed by atoms with E-state index in [1.54, 1.807) is 0 Å². The van der Waals surface area contributed by atoms with Crippen molar-refractivity contribution in [3.63, 3.8) is 0 Å². The Balaban J connectivity index is 4.04. The van der Waals surface area contributed by atoms with Crippen molar-refractivity contribution in [2.24, 2.45) is 0 Å². The number of allylic oxidation sites excluding steroid dienone is 16. The zero-order valence-electron chi connectivity index (χ0n) is 47.9. The molecule has 0 aromatic carbocycles. The first-order valence-corrected chi connectivity index (χ1v) is 30.7. The van der Waals surface area contributed by atoms with Crippen LogP contribution in [0.3, 0.4) is 0 Å². The standard InChI is InChI=1S/C67H114O6/c1-4-7-10-13-16-19-21-22-23-24-25-26-27-28-29-30-31-32-33-34-35-36-37-38-39-40-41-42-43-44-46-48-51-54-57-60-66(69)72-63-64(62-71-65(68)59-56-53-50-47-18-15-12-9-6-3)73-67(70)61-58-55-52-49-45-20-17-14-11-8-5-2/h7,10,14,16-17,19,22-23,25-26,28-29,31-32,34-35,64H,4-6,8-9,11-13,15,18,20-21,24,27,30,33,36-63H2,1-3H3/b10-7-,17-14-,19-16-,23-22-,26-25-,29-28-,32-31-,35-34-. The van der Waals surface area contributed by atoms with Crippen LogP contribution in [-0.2, 0) is 28.6 Å². The average Bonchev–Trinajstić information content (AvgIpc) is 3.39. The van der Waals surface area contributed by atoms with Crippen LogP contribution in [0.5, 0.6) is 0 Å². The quantitative estimate of drug-likeness (QED) is 0.0261. The van der Waals surface area contributed by atoms with E-state index in [1.165, 1.54) is 135 Å². The first-order valence-electron chi connectivity index (χ1n) is 30.7. The van der Waals surface area contributed by atoms with E-state index in [9.17, 15) is 14.4 Å². The van der Waals surface area contributed by atoms with E-state index < -0.39 is 6.10 Å². The van der Waals surface area contributed by atoms with Gasteiger partial charge in [-0.1, -0.05) is 272 Å². The SMILES string of the molecule is CC/C=C\C/C=C\C/C=C\C/C=C\C/C=C\C/C=C\C/C=C\CCCCCCCCCCCCCCCC(=O)OCC(COC(=O)CCCCCCCCCCC)OC(=O)CCCCCCC/C=C\CCCC. The minimum atomic E-state index is -0.777. The number of esters is 3. The van der Waals surface area contributed by atoms with Gasteiger partial charge in [0.1, 0.15) is 13.2 Å². The first kappa shape index (κ1) is 69.3. The Bertz CT molecular complexity index is 1440. The molecule has 0 bridgehead atoms. The normalized spacial score (nSPS) is 12.8. The van der Waals surface area contributed by atoms with Crippen molar-refractivity contribution in [3.8, 4) is 0 Å². The predicted octanol–water partition coefficient (Wildman–Crippen LogP) is 20.9. The molecule has 0 N–H and O–H groups in total. The zero-order valence-corrected chi connectivity index (χ0v) is 47.9. The van der Waals surface area contributed by atoms with Gasteiger partial charge in [0.05, 0.1) is 0 Å². The molecule has 0 saturated carbocycles. The van der Waals surface area contributed by atoms with Crippen molar-refractivity contribution >= 4 is 17.9 Å². The number of rotatable bonds is 55. The van der Waals surface area contributed by atoms with Crippen molar-refractivity contribution in [1.82, 2.24) is 0 Å². The summed E-state index contributed by atoms with van der Waals surface area (Å²) in [7, 11) is 0. The smallest absolute Gasteiger partial charge is 0.306 e. The topological polar surface area (TPSA) is 78.9 Å². The third kappa shape index (κ3) is 59.1. The number of unbranched alkanes of at least 4 members (excludes halogenated alkanes) is 28. The molecule has 0 fully saturated rings. The van der Waals surface area contributed by atoms with Crippen LogP contribution in [0.2, 0.25) is 0 Å². The summed E-state index contributed by atoms with van der Waals surface area (Å²) in [6.45, 7) is 6.47. The second-order valence-electron chi connectivity index (χ2n) is 20.2. The van der Waals surface area contributed by atoms with Crippen molar-refractivity contribution in [2.75, 3.05) is 13.2 Å². The molecule has 0 aromatic rings. The van der Waals surface area contributed by atoms with Gasteiger partial charge < -0.3 is 14.2 Å². The Morgan fingerprint density at radius 2 is 0.548 bits per heavy atom. The van der Waals surface area contributed by atoms with E-state index in [0.717, 1.165) is 116 Å². The summed E-state index contributed by atoms with van der Waals surface area (Å²) >= 11 is 0. The highest BCUT2D eigenvalue weighted by Crippen LogP contribution is 2.16. The van der Waals surface area contributed by atoms with Gasteiger partial charge in [-0.3, -0.25) is 14.4 Å². The average molecular weight is 1020 g/mol. The Labute approximate surface area is 451 Å². The van der Waals surface area contributed by atoms with E-state index in [1.807, 2.05) is 0 Å². The largest absolute Gasteiger partial charge is 0.462 e. The fourth-order valence-electron chi connectivity index (χ4n) is 8.46. The van der Waals surface area contributed by atoms with Gasteiger partial charge in [-0.25, -0.2) is 0 Å². The van der Waals surface area contributed by atoms with Crippen LogP contribution in [0.25, 0.3) is 0 Å². The Morgan fingerprint density at radius 1 is 0.288 bits per heavy atom. The molecule has 1 unspecified atom stereocenters. The third-order valence-corrected chi connectivity index (χ3v) is 13.1. The molecule has 1 atom stereocenters. The summed E-state index contributed by atoms with van der Waals surface area (Å²) in [5.74, 6) is -0.886. The number of carbonyl (C=O) groups excluding carboxylic acids is 3. The molecule has 0 amide bonds. The van der Waals surface area contributed by atoms with Gasteiger partial charge in [-0.2, -0.15) is 0 Å². The molecule has 418 valence electrons. The molecule has 0 rings (SSSR count). The Morgan fingerprint density at radius 3 is 0.890 bits per heavy atom. The molecule has 6 nitrogen and oxygen atoms in total. The highest BCUT2D eigenvalue weighted by atomic mass is 16.6. The summed E-state index contributed by atoms with van der Waals surface area (Å²) in [6, 6.07) is 0. The molecule has 0 saturated heterocycles. The molecule has 0 spiro atoms. The van der Waals surface area contributed by atoms with Gasteiger partial charge >= 0.3 is 17.9 Å². The van der Waals surface area contributed by atoms with E-state index >= 15 is 0 Å². The van der Waals surface area contributed by atoms with E-state index in [0.29, 0.717) is 19.3 Å². The van der Waals surface area contributed by atoms with E-state index in [-0.39, 0.29) is 31.1 Å². The van der Waals surface area contributed by atoms with Gasteiger partial charge in [0.25, 0.3) is 0 Å². The molecule has 0 aromatic heterocycles. The number of hydrogen-bond donors (Lipinski definition) is 0. The third-order valence-electron chi connectivity index (χ3n) is 13.1. The minimum Gasteiger partial charge on any atom is -0.462 e. The Kier molecular flexibility index (Phi) is 57.8. The summed E-state index contributed by atoms with van der Waals surface area (Å²) in [5, 5.41) is 0. The van der Waals surface area contributed by atoms with E-state index in [2.05, 4.69) is 118 Å². The maximum Gasteiger partial charge on any atom is 0.306 e.